The number of carbonyl (C=O) groups is 1. The molecule has 0 spiro atoms. The van der Waals surface area contributed by atoms with Crippen molar-refractivity contribution in [3.8, 4) is 0 Å². The lowest BCUT2D eigenvalue weighted by Crippen LogP contribution is -2.45. The molecule has 1 aliphatic heterocycles. The zero-order valence-corrected chi connectivity index (χ0v) is 11.1. The van der Waals surface area contributed by atoms with Gasteiger partial charge in [-0.3, -0.25) is 4.79 Å². The van der Waals surface area contributed by atoms with Crippen molar-refractivity contribution in [2.24, 2.45) is 5.92 Å². The van der Waals surface area contributed by atoms with Crippen molar-refractivity contribution in [2.45, 2.75) is 38.5 Å². The predicted octanol–water partition coefficient (Wildman–Crippen LogP) is 0.633. The fourth-order valence-corrected chi connectivity index (χ4v) is 1.68. The number of hydrogen-bond donors (Lipinski definition) is 3. The molecule has 0 saturated carbocycles. The number of carbonyl (C=O) groups excluding carboxylic acids is 1. The third kappa shape index (κ3) is 4.77. The Morgan fingerprint density at radius 2 is 2.24 bits per heavy atom. The summed E-state index contributed by atoms with van der Waals surface area (Å²) in [4.78, 5) is 11.5. The Hall–Kier alpha value is -0.390. The second kappa shape index (κ2) is 7.13. The van der Waals surface area contributed by atoms with Gasteiger partial charge in [0.2, 0.25) is 5.67 Å². The van der Waals surface area contributed by atoms with E-state index in [0.29, 0.717) is 19.5 Å². The lowest BCUT2D eigenvalue weighted by atomic mass is 10.0. The van der Waals surface area contributed by atoms with E-state index < -0.39 is 17.7 Å². The van der Waals surface area contributed by atoms with E-state index in [0.717, 1.165) is 0 Å². The minimum Gasteiger partial charge on any atom is -0.393 e. The zero-order valence-electron chi connectivity index (χ0n) is 10.3. The van der Waals surface area contributed by atoms with Gasteiger partial charge >= 0.3 is 0 Å². The molecule has 2 atom stereocenters. The number of amides is 1. The summed E-state index contributed by atoms with van der Waals surface area (Å²) in [5, 5.41) is 14.9. The molecule has 1 rings (SSSR count). The smallest absolute Gasteiger partial charge is 0.259 e. The van der Waals surface area contributed by atoms with Crippen molar-refractivity contribution in [2.75, 3.05) is 19.6 Å². The number of halogens is 2. The molecule has 6 heteroatoms. The molecule has 0 aromatic rings. The minimum absolute atomic E-state index is 0. The first kappa shape index (κ1) is 16.6. The molecule has 0 radical (unpaired) electrons. The highest BCUT2D eigenvalue weighted by Gasteiger charge is 2.41. The fourth-order valence-electron chi connectivity index (χ4n) is 1.68. The molecule has 17 heavy (non-hydrogen) atoms. The van der Waals surface area contributed by atoms with Gasteiger partial charge in [0, 0.05) is 19.5 Å². The maximum atomic E-state index is 13.9. The van der Waals surface area contributed by atoms with Crippen LogP contribution in [0.5, 0.6) is 0 Å². The summed E-state index contributed by atoms with van der Waals surface area (Å²) < 4.78 is 13.9. The molecule has 1 amide bonds. The summed E-state index contributed by atoms with van der Waals surface area (Å²) >= 11 is 0. The normalized spacial score (nSPS) is 25.5. The first-order valence-corrected chi connectivity index (χ1v) is 5.82. The summed E-state index contributed by atoms with van der Waals surface area (Å²) in [7, 11) is 0. The third-order valence-electron chi connectivity index (χ3n) is 3.01. The molecule has 0 aliphatic carbocycles. The van der Waals surface area contributed by atoms with Crippen LogP contribution in [0.2, 0.25) is 0 Å². The van der Waals surface area contributed by atoms with Crippen molar-refractivity contribution in [3.05, 3.63) is 0 Å². The van der Waals surface area contributed by atoms with Crippen LogP contribution in [-0.2, 0) is 4.79 Å². The first-order chi connectivity index (χ1) is 7.46. The number of hydrogen-bond acceptors (Lipinski definition) is 3. The molecule has 1 heterocycles. The van der Waals surface area contributed by atoms with Gasteiger partial charge in [0.05, 0.1) is 6.10 Å². The van der Waals surface area contributed by atoms with Gasteiger partial charge in [0.1, 0.15) is 0 Å². The van der Waals surface area contributed by atoms with Crippen LogP contribution in [-0.4, -0.2) is 42.4 Å². The van der Waals surface area contributed by atoms with Crippen LogP contribution >= 0.6 is 12.4 Å². The fraction of sp³-hybridized carbons (Fsp3) is 0.909. The lowest BCUT2D eigenvalue weighted by molar-refractivity contribution is -0.131. The molecule has 3 N–H and O–H groups in total. The molecular weight excluding hydrogens is 247 g/mol. The second-order valence-electron chi connectivity index (χ2n) is 4.75. The molecule has 1 aliphatic rings. The van der Waals surface area contributed by atoms with E-state index in [1.54, 1.807) is 0 Å². The Labute approximate surface area is 108 Å². The zero-order chi connectivity index (χ0) is 12.2. The lowest BCUT2D eigenvalue weighted by Gasteiger charge is -2.19. The van der Waals surface area contributed by atoms with Crippen LogP contribution in [0.25, 0.3) is 0 Å². The highest BCUT2D eigenvalue weighted by atomic mass is 35.5. The molecule has 4 nitrogen and oxygen atoms in total. The highest BCUT2D eigenvalue weighted by molar-refractivity contribution is 5.85. The van der Waals surface area contributed by atoms with Crippen LogP contribution in [0.4, 0.5) is 4.39 Å². The van der Waals surface area contributed by atoms with E-state index in [1.165, 1.54) is 0 Å². The van der Waals surface area contributed by atoms with Gasteiger partial charge < -0.3 is 15.7 Å². The minimum atomic E-state index is -1.76. The number of alkyl halides is 1. The number of rotatable bonds is 5. The summed E-state index contributed by atoms with van der Waals surface area (Å²) in [6.45, 7) is 4.77. The monoisotopic (exact) mass is 268 g/mol. The highest BCUT2D eigenvalue weighted by Crippen LogP contribution is 2.19. The first-order valence-electron chi connectivity index (χ1n) is 5.82. The third-order valence-corrected chi connectivity index (χ3v) is 3.01. The predicted molar refractivity (Wildman–Crippen MR) is 67.0 cm³/mol. The van der Waals surface area contributed by atoms with Gasteiger partial charge in [0.15, 0.2) is 0 Å². The van der Waals surface area contributed by atoms with Crippen molar-refractivity contribution < 1.29 is 14.3 Å². The average Bonchev–Trinajstić information content (AvgIpc) is 2.66. The number of nitrogens with one attached hydrogen (secondary N) is 2. The topological polar surface area (TPSA) is 61.4 Å². The van der Waals surface area contributed by atoms with Crippen molar-refractivity contribution in [3.63, 3.8) is 0 Å². The van der Waals surface area contributed by atoms with Gasteiger partial charge in [-0.2, -0.15) is 0 Å². The quantitative estimate of drug-likeness (QED) is 0.686. The summed E-state index contributed by atoms with van der Waals surface area (Å²) in [6.07, 6.45) is 0.246. The van der Waals surface area contributed by atoms with E-state index in [2.05, 4.69) is 10.6 Å². The van der Waals surface area contributed by atoms with Crippen LogP contribution < -0.4 is 10.6 Å². The van der Waals surface area contributed by atoms with Crippen LogP contribution in [0, 0.1) is 5.92 Å². The molecule has 0 aromatic heterocycles. The van der Waals surface area contributed by atoms with E-state index in [-0.39, 0.29) is 31.3 Å². The second-order valence-corrected chi connectivity index (χ2v) is 4.75. The Kier molecular flexibility index (Phi) is 6.97. The number of aliphatic hydroxyl groups excluding tert-OH is 1. The van der Waals surface area contributed by atoms with E-state index >= 15 is 0 Å². The SMILES string of the molecule is CC(C)C(O)CCNC(=O)C1(F)CCNC1.Cl. The van der Waals surface area contributed by atoms with Crippen molar-refractivity contribution in [1.29, 1.82) is 0 Å². The molecular formula is C11H22ClFN2O2. The maximum absolute atomic E-state index is 13.9. The Morgan fingerprint density at radius 3 is 2.71 bits per heavy atom. The standard InChI is InChI=1S/C11H21FN2O2.ClH/c1-8(2)9(15)3-5-14-10(16)11(12)4-6-13-7-11;/h8-9,13,15H,3-7H2,1-2H3,(H,14,16);1H. The van der Waals surface area contributed by atoms with Crippen molar-refractivity contribution in [1.82, 2.24) is 10.6 Å². The molecule has 1 fully saturated rings. The van der Waals surface area contributed by atoms with Gasteiger partial charge in [-0.25, -0.2) is 4.39 Å². The molecule has 102 valence electrons. The Morgan fingerprint density at radius 1 is 1.59 bits per heavy atom. The maximum Gasteiger partial charge on any atom is 0.259 e. The largest absolute Gasteiger partial charge is 0.393 e. The molecule has 2 unspecified atom stereocenters. The van der Waals surface area contributed by atoms with Crippen LogP contribution in [0.3, 0.4) is 0 Å². The summed E-state index contributed by atoms with van der Waals surface area (Å²) in [5.74, 6) is -0.405. The van der Waals surface area contributed by atoms with Gasteiger partial charge in [0.25, 0.3) is 5.91 Å². The average molecular weight is 269 g/mol. The van der Waals surface area contributed by atoms with Gasteiger partial charge in [-0.05, 0) is 18.9 Å². The van der Waals surface area contributed by atoms with Gasteiger partial charge in [-0.1, -0.05) is 13.8 Å². The van der Waals surface area contributed by atoms with Crippen molar-refractivity contribution >= 4 is 18.3 Å². The molecule has 1 saturated heterocycles. The Balaban J connectivity index is 0.00000256. The van der Waals surface area contributed by atoms with E-state index in [1.807, 2.05) is 13.8 Å². The summed E-state index contributed by atoms with van der Waals surface area (Å²) in [5.41, 5.74) is -1.76. The number of aliphatic hydroxyl groups is 1. The molecule has 0 aromatic carbocycles. The molecule has 0 bridgehead atoms. The van der Waals surface area contributed by atoms with E-state index in [9.17, 15) is 14.3 Å². The summed E-state index contributed by atoms with van der Waals surface area (Å²) in [6, 6.07) is 0. The van der Waals surface area contributed by atoms with Crippen LogP contribution in [0.15, 0.2) is 0 Å². The van der Waals surface area contributed by atoms with E-state index in [4.69, 9.17) is 0 Å². The van der Waals surface area contributed by atoms with Crippen LogP contribution in [0.1, 0.15) is 26.7 Å². The van der Waals surface area contributed by atoms with Gasteiger partial charge in [-0.15, -0.1) is 12.4 Å². The Bertz CT molecular complexity index is 246.